The Morgan fingerprint density at radius 3 is 2.78 bits per heavy atom. The lowest BCUT2D eigenvalue weighted by Gasteiger charge is -2.12. The summed E-state index contributed by atoms with van der Waals surface area (Å²) < 4.78 is 2.33. The Kier molecular flexibility index (Phi) is 2.76. The molecule has 0 aliphatic carbocycles. The summed E-state index contributed by atoms with van der Waals surface area (Å²) >= 11 is 0. The van der Waals surface area contributed by atoms with Crippen molar-refractivity contribution in [1.29, 1.82) is 0 Å². The maximum Gasteiger partial charge on any atom is 0.0561 e. The molecule has 3 nitrogen and oxygen atoms in total. The van der Waals surface area contributed by atoms with Crippen LogP contribution in [0.25, 0.3) is 21.7 Å². The van der Waals surface area contributed by atoms with Gasteiger partial charge in [0.1, 0.15) is 0 Å². The van der Waals surface area contributed by atoms with Crippen LogP contribution in [-0.4, -0.2) is 35.1 Å². The molecular weight excluding hydrogens is 222 g/mol. The molecule has 0 atom stereocenters. The van der Waals surface area contributed by atoms with Crippen molar-refractivity contribution in [3.05, 3.63) is 42.9 Å². The average molecular weight is 239 g/mol. The highest BCUT2D eigenvalue weighted by atomic mass is 15.1. The lowest BCUT2D eigenvalue weighted by Crippen LogP contribution is -2.17. The zero-order valence-corrected chi connectivity index (χ0v) is 10.8. The summed E-state index contributed by atoms with van der Waals surface area (Å²) in [6.07, 6.45) is 5.97. The van der Waals surface area contributed by atoms with E-state index in [-0.39, 0.29) is 0 Å². The molecule has 1 aromatic carbocycles. The maximum absolute atomic E-state index is 4.19. The summed E-state index contributed by atoms with van der Waals surface area (Å²) in [5.74, 6) is 0. The van der Waals surface area contributed by atoms with Gasteiger partial charge in [0.2, 0.25) is 0 Å². The van der Waals surface area contributed by atoms with Crippen LogP contribution in [0.15, 0.2) is 42.9 Å². The van der Waals surface area contributed by atoms with Gasteiger partial charge in [-0.3, -0.25) is 4.98 Å². The van der Waals surface area contributed by atoms with Crippen molar-refractivity contribution in [3.63, 3.8) is 0 Å². The molecule has 2 aromatic heterocycles. The molecule has 0 amide bonds. The fourth-order valence-electron chi connectivity index (χ4n) is 2.36. The third-order valence-corrected chi connectivity index (χ3v) is 3.33. The van der Waals surface area contributed by atoms with Crippen LogP contribution in [0.4, 0.5) is 0 Å². The molecule has 0 radical (unpaired) electrons. The summed E-state index contributed by atoms with van der Waals surface area (Å²) in [6, 6.07) is 8.60. The molecule has 2 heterocycles. The molecule has 92 valence electrons. The number of likely N-dealkylation sites (N-methyl/N-ethyl adjacent to an activating group) is 1. The highest BCUT2D eigenvalue weighted by molar-refractivity contribution is 6.05. The van der Waals surface area contributed by atoms with E-state index in [0.29, 0.717) is 0 Å². The van der Waals surface area contributed by atoms with E-state index in [9.17, 15) is 0 Å². The van der Waals surface area contributed by atoms with Crippen molar-refractivity contribution >= 4 is 21.7 Å². The maximum atomic E-state index is 4.19. The van der Waals surface area contributed by atoms with E-state index in [1.807, 2.05) is 12.4 Å². The lowest BCUT2D eigenvalue weighted by atomic mass is 10.1. The molecule has 0 saturated heterocycles. The molecule has 0 spiro atoms. The predicted molar refractivity (Wildman–Crippen MR) is 75.8 cm³/mol. The Bertz CT molecular complexity index is 682. The SMILES string of the molecule is CN(C)CCn1ccc2ccc3cnccc3c21. The summed E-state index contributed by atoms with van der Waals surface area (Å²) in [4.78, 5) is 6.40. The first-order valence-corrected chi connectivity index (χ1v) is 6.22. The highest BCUT2D eigenvalue weighted by Crippen LogP contribution is 2.25. The van der Waals surface area contributed by atoms with Crippen molar-refractivity contribution in [2.75, 3.05) is 20.6 Å². The van der Waals surface area contributed by atoms with Crippen molar-refractivity contribution in [2.45, 2.75) is 6.54 Å². The van der Waals surface area contributed by atoms with Crippen LogP contribution in [-0.2, 0) is 6.54 Å². The number of nitrogens with zero attached hydrogens (tertiary/aromatic N) is 3. The summed E-state index contributed by atoms with van der Waals surface area (Å²) in [7, 11) is 4.21. The Hall–Kier alpha value is -1.87. The predicted octanol–water partition coefficient (Wildman–Crippen LogP) is 2.75. The van der Waals surface area contributed by atoms with E-state index >= 15 is 0 Å². The quantitative estimate of drug-likeness (QED) is 0.700. The smallest absolute Gasteiger partial charge is 0.0561 e. The fraction of sp³-hybridized carbons (Fsp3) is 0.267. The van der Waals surface area contributed by atoms with Gasteiger partial charge < -0.3 is 9.47 Å². The van der Waals surface area contributed by atoms with Crippen molar-refractivity contribution < 1.29 is 0 Å². The molecule has 0 fully saturated rings. The normalized spacial score (nSPS) is 11.7. The molecule has 3 heteroatoms. The minimum atomic E-state index is 1.01. The van der Waals surface area contributed by atoms with Crippen LogP contribution in [0.3, 0.4) is 0 Å². The monoisotopic (exact) mass is 239 g/mol. The first kappa shape index (κ1) is 11.2. The van der Waals surface area contributed by atoms with Crippen molar-refractivity contribution in [1.82, 2.24) is 14.5 Å². The van der Waals surface area contributed by atoms with E-state index in [4.69, 9.17) is 0 Å². The summed E-state index contributed by atoms with van der Waals surface area (Å²) in [6.45, 7) is 2.06. The van der Waals surface area contributed by atoms with Crippen LogP contribution in [0, 0.1) is 0 Å². The van der Waals surface area contributed by atoms with E-state index in [0.717, 1.165) is 13.1 Å². The third-order valence-electron chi connectivity index (χ3n) is 3.33. The number of hydrogen-bond acceptors (Lipinski definition) is 2. The molecule has 0 saturated carbocycles. The van der Waals surface area contributed by atoms with Gasteiger partial charge in [0.15, 0.2) is 0 Å². The molecular formula is C15H17N3. The Morgan fingerprint density at radius 1 is 1.11 bits per heavy atom. The van der Waals surface area contributed by atoms with Crippen LogP contribution >= 0.6 is 0 Å². The standard InChI is InChI=1S/C15H17N3/c1-17(2)9-10-18-8-6-12-3-4-13-11-16-7-5-14(13)15(12)18/h3-8,11H,9-10H2,1-2H3. The molecule has 3 aromatic rings. The molecule has 0 unspecified atom stereocenters. The van der Waals surface area contributed by atoms with Gasteiger partial charge in [0.25, 0.3) is 0 Å². The van der Waals surface area contributed by atoms with Gasteiger partial charge in [-0.15, -0.1) is 0 Å². The molecule has 18 heavy (non-hydrogen) atoms. The van der Waals surface area contributed by atoms with Gasteiger partial charge in [-0.1, -0.05) is 12.1 Å². The van der Waals surface area contributed by atoms with Crippen LogP contribution in [0.2, 0.25) is 0 Å². The molecule has 0 aliphatic heterocycles. The number of hydrogen-bond donors (Lipinski definition) is 0. The van der Waals surface area contributed by atoms with Gasteiger partial charge in [-0.2, -0.15) is 0 Å². The lowest BCUT2D eigenvalue weighted by molar-refractivity contribution is 0.387. The summed E-state index contributed by atoms with van der Waals surface area (Å²) in [5.41, 5.74) is 1.32. The number of pyridine rings is 1. The van der Waals surface area contributed by atoms with E-state index < -0.39 is 0 Å². The second kappa shape index (κ2) is 4.42. The highest BCUT2D eigenvalue weighted by Gasteiger charge is 2.05. The zero-order valence-electron chi connectivity index (χ0n) is 10.8. The number of fused-ring (bicyclic) bond motifs is 3. The van der Waals surface area contributed by atoms with Gasteiger partial charge in [0.05, 0.1) is 5.52 Å². The van der Waals surface area contributed by atoms with Crippen LogP contribution in [0.5, 0.6) is 0 Å². The minimum absolute atomic E-state index is 1.01. The molecule has 0 aliphatic rings. The Morgan fingerprint density at radius 2 is 1.94 bits per heavy atom. The average Bonchev–Trinajstić information content (AvgIpc) is 2.80. The topological polar surface area (TPSA) is 21.1 Å². The summed E-state index contributed by atoms with van der Waals surface area (Å²) in [5, 5.41) is 3.79. The van der Waals surface area contributed by atoms with Crippen LogP contribution < -0.4 is 0 Å². The molecule has 0 bridgehead atoms. The van der Waals surface area contributed by atoms with Gasteiger partial charge in [-0.25, -0.2) is 0 Å². The second-order valence-electron chi connectivity index (χ2n) is 4.91. The Labute approximate surface area is 107 Å². The minimum Gasteiger partial charge on any atom is -0.346 e. The first-order valence-electron chi connectivity index (χ1n) is 6.22. The van der Waals surface area contributed by atoms with Gasteiger partial charge in [0, 0.05) is 47.8 Å². The van der Waals surface area contributed by atoms with Crippen molar-refractivity contribution in [3.8, 4) is 0 Å². The zero-order chi connectivity index (χ0) is 12.5. The largest absolute Gasteiger partial charge is 0.346 e. The number of benzene rings is 1. The van der Waals surface area contributed by atoms with Crippen molar-refractivity contribution in [2.24, 2.45) is 0 Å². The second-order valence-corrected chi connectivity index (χ2v) is 4.91. The van der Waals surface area contributed by atoms with Gasteiger partial charge >= 0.3 is 0 Å². The fourth-order valence-corrected chi connectivity index (χ4v) is 2.36. The van der Waals surface area contributed by atoms with Crippen LogP contribution in [0.1, 0.15) is 0 Å². The number of aromatic nitrogens is 2. The van der Waals surface area contributed by atoms with E-state index in [1.54, 1.807) is 0 Å². The first-order chi connectivity index (χ1) is 8.75. The Balaban J connectivity index is 2.17. The van der Waals surface area contributed by atoms with Gasteiger partial charge in [-0.05, 0) is 26.2 Å². The van der Waals surface area contributed by atoms with E-state index in [2.05, 4.69) is 59.0 Å². The third kappa shape index (κ3) is 1.87. The van der Waals surface area contributed by atoms with E-state index in [1.165, 1.54) is 21.7 Å². The number of rotatable bonds is 3. The molecule has 3 rings (SSSR count). The molecule has 0 N–H and O–H groups in total.